The summed E-state index contributed by atoms with van der Waals surface area (Å²) in [5, 5.41) is 9.26. The van der Waals surface area contributed by atoms with Crippen LogP contribution < -0.4 is 5.32 Å². The number of aromatic nitrogens is 2. The maximum atomic E-state index is 6.29. The smallest absolute Gasteiger partial charge is 0.0677 e. The molecule has 2 heterocycles. The largest absolute Gasteiger partial charge is 0.310 e. The standard InChI is InChI=1S/C19H27ClN4/c1-14-18(12-21-17-8-10-23(3)11-9-17)15(2)24(22-14)13-16-6-4-5-7-19(16)20/h4-7,17,21H,8-13H2,1-3H3. The van der Waals surface area contributed by atoms with E-state index >= 15 is 0 Å². The first-order valence-electron chi connectivity index (χ1n) is 8.73. The molecular formula is C19H27ClN4. The van der Waals surface area contributed by atoms with Crippen molar-refractivity contribution < 1.29 is 0 Å². The molecule has 130 valence electrons. The second-order valence-electron chi connectivity index (χ2n) is 6.86. The number of rotatable bonds is 5. The molecule has 0 spiro atoms. The van der Waals surface area contributed by atoms with E-state index in [0.717, 1.165) is 29.4 Å². The Morgan fingerprint density at radius 1 is 1.21 bits per heavy atom. The number of hydrogen-bond donors (Lipinski definition) is 1. The lowest BCUT2D eigenvalue weighted by Gasteiger charge is -2.29. The average molecular weight is 347 g/mol. The van der Waals surface area contributed by atoms with Crippen LogP contribution in [-0.2, 0) is 13.1 Å². The fourth-order valence-electron chi connectivity index (χ4n) is 3.39. The Hall–Kier alpha value is -1.36. The van der Waals surface area contributed by atoms with Crippen molar-refractivity contribution in [2.24, 2.45) is 0 Å². The summed E-state index contributed by atoms with van der Waals surface area (Å²) in [5.41, 5.74) is 4.77. The number of piperidine rings is 1. The van der Waals surface area contributed by atoms with Crippen molar-refractivity contribution in [1.29, 1.82) is 0 Å². The Morgan fingerprint density at radius 2 is 1.92 bits per heavy atom. The van der Waals surface area contributed by atoms with E-state index in [9.17, 15) is 0 Å². The summed E-state index contributed by atoms with van der Waals surface area (Å²) in [4.78, 5) is 2.40. The van der Waals surface area contributed by atoms with Crippen LogP contribution >= 0.6 is 11.6 Å². The van der Waals surface area contributed by atoms with E-state index in [0.29, 0.717) is 6.04 Å². The molecule has 4 nitrogen and oxygen atoms in total. The zero-order valence-electron chi connectivity index (χ0n) is 14.8. The maximum Gasteiger partial charge on any atom is 0.0677 e. The van der Waals surface area contributed by atoms with Crippen LogP contribution in [0.5, 0.6) is 0 Å². The van der Waals surface area contributed by atoms with Gasteiger partial charge in [0.15, 0.2) is 0 Å². The van der Waals surface area contributed by atoms with Gasteiger partial charge in [-0.15, -0.1) is 0 Å². The molecule has 0 saturated carbocycles. The minimum atomic E-state index is 0.618. The second kappa shape index (κ2) is 7.68. The van der Waals surface area contributed by atoms with E-state index in [4.69, 9.17) is 16.7 Å². The molecule has 1 aliphatic heterocycles. The second-order valence-corrected chi connectivity index (χ2v) is 7.26. The molecule has 0 aliphatic carbocycles. The normalized spacial score (nSPS) is 16.7. The Balaban J connectivity index is 1.67. The average Bonchev–Trinajstić information content (AvgIpc) is 2.83. The Labute approximate surface area is 149 Å². The molecule has 24 heavy (non-hydrogen) atoms. The van der Waals surface area contributed by atoms with Crippen LogP contribution in [0.3, 0.4) is 0 Å². The topological polar surface area (TPSA) is 33.1 Å². The number of nitrogens with zero attached hydrogens (tertiary/aromatic N) is 3. The molecule has 0 amide bonds. The van der Waals surface area contributed by atoms with E-state index in [1.54, 1.807) is 0 Å². The molecule has 1 aliphatic rings. The third-order valence-corrected chi connectivity index (χ3v) is 5.46. The first-order valence-corrected chi connectivity index (χ1v) is 9.10. The highest BCUT2D eigenvalue weighted by Gasteiger charge is 2.18. The highest BCUT2D eigenvalue weighted by Crippen LogP contribution is 2.20. The molecule has 1 aromatic carbocycles. The third-order valence-electron chi connectivity index (χ3n) is 5.10. The molecule has 2 aromatic rings. The third kappa shape index (κ3) is 4.00. The van der Waals surface area contributed by atoms with Crippen LogP contribution in [0.2, 0.25) is 5.02 Å². The zero-order chi connectivity index (χ0) is 17.1. The summed E-state index contributed by atoms with van der Waals surface area (Å²) in [6.45, 7) is 8.24. The van der Waals surface area contributed by atoms with Gasteiger partial charge in [-0.3, -0.25) is 4.68 Å². The predicted molar refractivity (Wildman–Crippen MR) is 99.6 cm³/mol. The highest BCUT2D eigenvalue weighted by atomic mass is 35.5. The van der Waals surface area contributed by atoms with Crippen molar-refractivity contribution in [3.05, 3.63) is 51.8 Å². The summed E-state index contributed by atoms with van der Waals surface area (Å²) in [6, 6.07) is 8.60. The molecule has 5 heteroatoms. The van der Waals surface area contributed by atoms with Gasteiger partial charge in [0.25, 0.3) is 0 Å². The number of halogens is 1. The molecule has 3 rings (SSSR count). The van der Waals surface area contributed by atoms with Gasteiger partial charge in [0.2, 0.25) is 0 Å². The van der Waals surface area contributed by atoms with Crippen LogP contribution in [0, 0.1) is 13.8 Å². The van der Waals surface area contributed by atoms with E-state index in [1.807, 2.05) is 18.2 Å². The van der Waals surface area contributed by atoms with Crippen LogP contribution in [0.4, 0.5) is 0 Å². The minimum absolute atomic E-state index is 0.618. The molecule has 1 saturated heterocycles. The minimum Gasteiger partial charge on any atom is -0.310 e. The number of aryl methyl sites for hydroxylation is 1. The van der Waals surface area contributed by atoms with Crippen molar-refractivity contribution >= 4 is 11.6 Å². The lowest BCUT2D eigenvalue weighted by atomic mass is 10.0. The highest BCUT2D eigenvalue weighted by molar-refractivity contribution is 6.31. The Kier molecular flexibility index (Phi) is 5.59. The maximum absolute atomic E-state index is 6.29. The van der Waals surface area contributed by atoms with E-state index in [-0.39, 0.29) is 0 Å². The molecule has 0 radical (unpaired) electrons. The SMILES string of the molecule is Cc1nn(Cc2ccccc2Cl)c(C)c1CNC1CCN(C)CC1. The molecule has 0 bridgehead atoms. The number of likely N-dealkylation sites (tertiary alicyclic amines) is 1. The van der Waals surface area contributed by atoms with E-state index in [1.165, 1.54) is 37.2 Å². The molecule has 1 aromatic heterocycles. The summed E-state index contributed by atoms with van der Waals surface area (Å²) in [6.07, 6.45) is 2.45. The van der Waals surface area contributed by atoms with Gasteiger partial charge >= 0.3 is 0 Å². The van der Waals surface area contributed by atoms with Crippen molar-refractivity contribution in [1.82, 2.24) is 20.0 Å². The van der Waals surface area contributed by atoms with Crippen molar-refractivity contribution in [3.63, 3.8) is 0 Å². The molecule has 1 N–H and O–H groups in total. The van der Waals surface area contributed by atoms with E-state index < -0.39 is 0 Å². The van der Waals surface area contributed by atoms with Crippen molar-refractivity contribution in [2.75, 3.05) is 20.1 Å². The molecule has 1 fully saturated rings. The molecule has 0 unspecified atom stereocenters. The monoisotopic (exact) mass is 346 g/mol. The van der Waals surface area contributed by atoms with Gasteiger partial charge in [-0.05, 0) is 58.5 Å². The molecular weight excluding hydrogens is 320 g/mol. The summed E-state index contributed by atoms with van der Waals surface area (Å²) >= 11 is 6.29. The van der Waals surface area contributed by atoms with Crippen LogP contribution in [-0.4, -0.2) is 40.9 Å². The molecule has 0 atom stereocenters. The van der Waals surface area contributed by atoms with Gasteiger partial charge in [-0.1, -0.05) is 29.8 Å². The van der Waals surface area contributed by atoms with Crippen LogP contribution in [0.15, 0.2) is 24.3 Å². The predicted octanol–water partition coefficient (Wildman–Crippen LogP) is 3.39. The Bertz CT molecular complexity index is 687. The fourth-order valence-corrected chi connectivity index (χ4v) is 3.59. The van der Waals surface area contributed by atoms with Gasteiger partial charge in [-0.25, -0.2) is 0 Å². The van der Waals surface area contributed by atoms with Gasteiger partial charge in [0.05, 0.1) is 12.2 Å². The summed E-state index contributed by atoms with van der Waals surface area (Å²) < 4.78 is 2.07. The number of benzene rings is 1. The number of hydrogen-bond acceptors (Lipinski definition) is 3. The van der Waals surface area contributed by atoms with Crippen LogP contribution in [0.25, 0.3) is 0 Å². The summed E-state index contributed by atoms with van der Waals surface area (Å²) in [5.74, 6) is 0. The van der Waals surface area contributed by atoms with E-state index in [2.05, 4.69) is 41.9 Å². The van der Waals surface area contributed by atoms with Gasteiger partial charge in [0.1, 0.15) is 0 Å². The van der Waals surface area contributed by atoms with Gasteiger partial charge < -0.3 is 10.2 Å². The fraction of sp³-hybridized carbons (Fsp3) is 0.526. The van der Waals surface area contributed by atoms with Gasteiger partial charge in [0, 0.05) is 28.9 Å². The summed E-state index contributed by atoms with van der Waals surface area (Å²) in [7, 11) is 2.20. The van der Waals surface area contributed by atoms with Crippen LogP contribution in [0.1, 0.15) is 35.4 Å². The quantitative estimate of drug-likeness (QED) is 0.900. The first kappa shape index (κ1) is 17.5. The number of nitrogens with one attached hydrogen (secondary N) is 1. The zero-order valence-corrected chi connectivity index (χ0v) is 15.6. The Morgan fingerprint density at radius 3 is 2.62 bits per heavy atom. The lowest BCUT2D eigenvalue weighted by molar-refractivity contribution is 0.234. The van der Waals surface area contributed by atoms with Gasteiger partial charge in [-0.2, -0.15) is 5.10 Å². The van der Waals surface area contributed by atoms with Crippen molar-refractivity contribution in [2.45, 2.75) is 45.8 Å². The van der Waals surface area contributed by atoms with Crippen molar-refractivity contribution in [3.8, 4) is 0 Å². The lowest BCUT2D eigenvalue weighted by Crippen LogP contribution is -2.40. The first-order chi connectivity index (χ1) is 11.5.